The van der Waals surface area contributed by atoms with Crippen molar-refractivity contribution in [3.8, 4) is 23.3 Å². The van der Waals surface area contributed by atoms with Crippen molar-refractivity contribution >= 4 is 15.9 Å². The highest BCUT2D eigenvalue weighted by molar-refractivity contribution is 9.10. The molecule has 2 aromatic rings. The lowest BCUT2D eigenvalue weighted by molar-refractivity contribution is -0.274. The van der Waals surface area contributed by atoms with Gasteiger partial charge in [0.15, 0.2) is 0 Å². The van der Waals surface area contributed by atoms with E-state index in [4.69, 9.17) is 10.00 Å². The lowest BCUT2D eigenvalue weighted by Gasteiger charge is -2.12. The Balaban J connectivity index is 2.14. The first-order valence-corrected chi connectivity index (χ1v) is 6.26. The number of nitriles is 1. The van der Waals surface area contributed by atoms with Crippen molar-refractivity contribution in [2.45, 2.75) is 6.36 Å². The van der Waals surface area contributed by atoms with Crippen molar-refractivity contribution in [3.63, 3.8) is 0 Å². The molecule has 0 aliphatic rings. The van der Waals surface area contributed by atoms with Crippen molar-refractivity contribution < 1.29 is 22.6 Å². The number of benzene rings is 1. The topological polar surface area (TPSA) is 55.1 Å². The fourth-order valence-electron chi connectivity index (χ4n) is 1.40. The van der Waals surface area contributed by atoms with Gasteiger partial charge >= 0.3 is 6.36 Å². The summed E-state index contributed by atoms with van der Waals surface area (Å²) in [5, 5.41) is 8.61. The molecule has 2 rings (SSSR count). The Morgan fingerprint density at radius 1 is 1.14 bits per heavy atom. The summed E-state index contributed by atoms with van der Waals surface area (Å²) in [6.07, 6.45) is -3.42. The van der Waals surface area contributed by atoms with Gasteiger partial charge in [-0.15, -0.1) is 13.2 Å². The third kappa shape index (κ3) is 4.36. The minimum atomic E-state index is -4.76. The number of aromatic nitrogens is 1. The number of alkyl halides is 3. The average molecular weight is 359 g/mol. The number of halogens is 4. The van der Waals surface area contributed by atoms with Gasteiger partial charge in [0, 0.05) is 0 Å². The molecule has 0 unspecified atom stereocenters. The summed E-state index contributed by atoms with van der Waals surface area (Å²) in [5.41, 5.74) is 0.234. The second kappa shape index (κ2) is 6.01. The van der Waals surface area contributed by atoms with E-state index in [-0.39, 0.29) is 15.9 Å². The van der Waals surface area contributed by atoms with Crippen LogP contribution < -0.4 is 9.47 Å². The van der Waals surface area contributed by atoms with Crippen LogP contribution in [0.15, 0.2) is 41.0 Å². The van der Waals surface area contributed by atoms with E-state index in [2.05, 4.69) is 25.7 Å². The van der Waals surface area contributed by atoms with E-state index in [1.165, 1.54) is 30.5 Å². The molecule has 0 saturated carbocycles. The van der Waals surface area contributed by atoms with Crippen LogP contribution >= 0.6 is 15.9 Å². The van der Waals surface area contributed by atoms with Crippen LogP contribution in [0.5, 0.6) is 17.2 Å². The maximum atomic E-state index is 12.1. The second-order valence-corrected chi connectivity index (χ2v) is 4.59. The Morgan fingerprint density at radius 3 is 2.38 bits per heavy atom. The summed E-state index contributed by atoms with van der Waals surface area (Å²) < 4.78 is 45.7. The Hall–Kier alpha value is -2.27. The zero-order chi connectivity index (χ0) is 15.5. The largest absolute Gasteiger partial charge is 0.573 e. The number of hydrogen-bond donors (Lipinski definition) is 0. The van der Waals surface area contributed by atoms with Gasteiger partial charge < -0.3 is 9.47 Å². The van der Waals surface area contributed by atoms with Crippen molar-refractivity contribution in [3.05, 3.63) is 46.7 Å². The predicted octanol–water partition coefficient (Wildman–Crippen LogP) is 4.41. The molecule has 1 heterocycles. The normalized spacial score (nSPS) is 10.8. The van der Waals surface area contributed by atoms with Crippen LogP contribution in [0.25, 0.3) is 0 Å². The molecule has 108 valence electrons. The van der Waals surface area contributed by atoms with E-state index < -0.39 is 6.36 Å². The van der Waals surface area contributed by atoms with E-state index in [1.807, 2.05) is 6.07 Å². The first-order valence-electron chi connectivity index (χ1n) is 5.47. The van der Waals surface area contributed by atoms with Crippen LogP contribution in [0.2, 0.25) is 0 Å². The highest BCUT2D eigenvalue weighted by Gasteiger charge is 2.32. The van der Waals surface area contributed by atoms with Crippen molar-refractivity contribution in [1.82, 2.24) is 4.98 Å². The third-order valence-corrected chi connectivity index (χ3v) is 2.84. The Morgan fingerprint density at radius 2 is 1.86 bits per heavy atom. The summed E-state index contributed by atoms with van der Waals surface area (Å²) in [7, 11) is 0. The van der Waals surface area contributed by atoms with Gasteiger partial charge in [0.25, 0.3) is 0 Å². The number of pyridine rings is 1. The minimum absolute atomic E-state index is 0.0962. The van der Waals surface area contributed by atoms with Crippen molar-refractivity contribution in [1.29, 1.82) is 5.26 Å². The van der Waals surface area contributed by atoms with E-state index >= 15 is 0 Å². The Kier molecular flexibility index (Phi) is 4.33. The summed E-state index contributed by atoms with van der Waals surface area (Å²) in [6.45, 7) is 0. The van der Waals surface area contributed by atoms with Crippen molar-refractivity contribution in [2.24, 2.45) is 0 Å². The van der Waals surface area contributed by atoms with Crippen LogP contribution in [0.3, 0.4) is 0 Å². The maximum absolute atomic E-state index is 12.1. The van der Waals surface area contributed by atoms with Crippen molar-refractivity contribution in [2.75, 3.05) is 0 Å². The molecule has 0 aliphatic heterocycles. The summed E-state index contributed by atoms with van der Waals surface area (Å²) in [6, 6.07) is 8.64. The van der Waals surface area contributed by atoms with Crippen LogP contribution in [-0.2, 0) is 0 Å². The zero-order valence-corrected chi connectivity index (χ0v) is 11.8. The molecule has 0 aliphatic carbocycles. The van der Waals surface area contributed by atoms with Gasteiger partial charge in [0.2, 0.25) is 0 Å². The standard InChI is InChI=1S/C13H6BrF3N2O2/c14-11-5-9(3-4-12(11)21-13(15,16)17)20-10-2-1-8(6-18)19-7-10/h1-5,7H. The molecule has 0 saturated heterocycles. The van der Waals surface area contributed by atoms with Gasteiger partial charge in [-0.05, 0) is 46.3 Å². The van der Waals surface area contributed by atoms with Gasteiger partial charge in [0.1, 0.15) is 29.0 Å². The van der Waals surface area contributed by atoms with Gasteiger partial charge in [-0.1, -0.05) is 0 Å². The van der Waals surface area contributed by atoms with Gasteiger partial charge in [-0.3, -0.25) is 0 Å². The molecule has 0 fully saturated rings. The molecule has 0 amide bonds. The van der Waals surface area contributed by atoms with E-state index in [9.17, 15) is 13.2 Å². The van der Waals surface area contributed by atoms with Crippen LogP contribution in [0.4, 0.5) is 13.2 Å². The molecular formula is C13H6BrF3N2O2. The summed E-state index contributed by atoms with van der Waals surface area (Å²) >= 11 is 2.97. The summed E-state index contributed by atoms with van der Waals surface area (Å²) in [4.78, 5) is 3.81. The number of hydrogen-bond acceptors (Lipinski definition) is 4. The molecule has 1 aromatic carbocycles. The predicted molar refractivity (Wildman–Crippen MR) is 69.9 cm³/mol. The first-order chi connectivity index (χ1) is 9.87. The molecular weight excluding hydrogens is 353 g/mol. The van der Waals surface area contributed by atoms with Gasteiger partial charge in [-0.2, -0.15) is 5.26 Å². The Bertz CT molecular complexity index is 681. The maximum Gasteiger partial charge on any atom is 0.573 e. The Labute approximate surface area is 125 Å². The van der Waals surface area contributed by atoms with Gasteiger partial charge in [0.05, 0.1) is 10.7 Å². The number of ether oxygens (including phenoxy) is 2. The van der Waals surface area contributed by atoms with Crippen LogP contribution in [0, 0.1) is 11.3 Å². The molecule has 1 aromatic heterocycles. The summed E-state index contributed by atoms with van der Waals surface area (Å²) in [5.74, 6) is 0.279. The lowest BCUT2D eigenvalue weighted by atomic mass is 10.3. The molecule has 21 heavy (non-hydrogen) atoms. The lowest BCUT2D eigenvalue weighted by Crippen LogP contribution is -2.17. The molecule has 0 radical (unpaired) electrons. The SMILES string of the molecule is N#Cc1ccc(Oc2ccc(OC(F)(F)F)c(Br)c2)cn1. The number of rotatable bonds is 3. The minimum Gasteiger partial charge on any atom is -0.456 e. The first kappa shape index (κ1) is 15.1. The third-order valence-electron chi connectivity index (χ3n) is 2.22. The quantitative estimate of drug-likeness (QED) is 0.815. The fraction of sp³-hybridized carbons (Fsp3) is 0.0769. The molecule has 8 heteroatoms. The highest BCUT2D eigenvalue weighted by Crippen LogP contribution is 2.34. The van der Waals surface area contributed by atoms with E-state index in [1.54, 1.807) is 0 Å². The van der Waals surface area contributed by atoms with Crippen LogP contribution in [0.1, 0.15) is 5.69 Å². The monoisotopic (exact) mass is 358 g/mol. The van der Waals surface area contributed by atoms with Gasteiger partial charge in [-0.25, -0.2) is 4.98 Å². The second-order valence-electron chi connectivity index (χ2n) is 3.73. The fourth-order valence-corrected chi connectivity index (χ4v) is 1.83. The molecule has 0 bridgehead atoms. The zero-order valence-electron chi connectivity index (χ0n) is 10.2. The van der Waals surface area contributed by atoms with Crippen LogP contribution in [-0.4, -0.2) is 11.3 Å². The smallest absolute Gasteiger partial charge is 0.456 e. The molecule has 0 atom stereocenters. The number of nitrogens with zero attached hydrogens (tertiary/aromatic N) is 2. The van der Waals surface area contributed by atoms with E-state index in [0.717, 1.165) is 6.07 Å². The average Bonchev–Trinajstić information content (AvgIpc) is 2.41. The highest BCUT2D eigenvalue weighted by atomic mass is 79.9. The molecule has 0 spiro atoms. The molecule has 4 nitrogen and oxygen atoms in total. The molecule has 0 N–H and O–H groups in total. The van der Waals surface area contributed by atoms with E-state index in [0.29, 0.717) is 11.5 Å².